The monoisotopic (exact) mass is 368 g/mol. The van der Waals surface area contributed by atoms with E-state index >= 15 is 0 Å². The lowest BCUT2D eigenvalue weighted by molar-refractivity contribution is -0.120. The van der Waals surface area contributed by atoms with Crippen molar-refractivity contribution in [2.75, 3.05) is 0 Å². The molecular formula is C22H44O2Si. The van der Waals surface area contributed by atoms with Crippen molar-refractivity contribution >= 4 is 14.1 Å². The zero-order chi connectivity index (χ0) is 20.0. The maximum absolute atomic E-state index is 11.6. The zero-order valence-corrected chi connectivity index (χ0v) is 19.7. The van der Waals surface area contributed by atoms with Gasteiger partial charge in [-0.1, -0.05) is 60.6 Å². The highest BCUT2D eigenvalue weighted by atomic mass is 28.4. The van der Waals surface area contributed by atoms with Gasteiger partial charge in [-0.15, -0.1) is 0 Å². The van der Waals surface area contributed by atoms with E-state index in [2.05, 4.69) is 61.2 Å². The molecule has 4 atom stereocenters. The van der Waals surface area contributed by atoms with Crippen molar-refractivity contribution in [3.63, 3.8) is 0 Å². The van der Waals surface area contributed by atoms with Gasteiger partial charge in [0.2, 0.25) is 0 Å². The van der Waals surface area contributed by atoms with Crippen molar-refractivity contribution in [3.05, 3.63) is 12.2 Å². The molecule has 0 N–H and O–H groups in total. The molecule has 0 aliphatic heterocycles. The first-order chi connectivity index (χ1) is 11.2. The van der Waals surface area contributed by atoms with Crippen LogP contribution in [-0.4, -0.2) is 20.2 Å². The van der Waals surface area contributed by atoms with Crippen LogP contribution in [0, 0.1) is 17.8 Å². The van der Waals surface area contributed by atoms with Gasteiger partial charge >= 0.3 is 0 Å². The number of carbonyl (C=O) groups excluding carboxylic acids is 1. The molecule has 0 aromatic heterocycles. The second-order valence-electron chi connectivity index (χ2n) is 9.74. The molecule has 0 unspecified atom stereocenters. The minimum atomic E-state index is -1.80. The summed E-state index contributed by atoms with van der Waals surface area (Å²) in [6, 6.07) is 0. The normalized spacial score (nSPS) is 17.7. The van der Waals surface area contributed by atoms with Gasteiger partial charge in [0.1, 0.15) is 5.78 Å². The summed E-state index contributed by atoms with van der Waals surface area (Å²) in [7, 11) is -1.80. The van der Waals surface area contributed by atoms with Crippen LogP contribution in [0.5, 0.6) is 0 Å². The van der Waals surface area contributed by atoms with Crippen LogP contribution < -0.4 is 0 Å². The van der Waals surface area contributed by atoms with Gasteiger partial charge < -0.3 is 4.43 Å². The van der Waals surface area contributed by atoms with Gasteiger partial charge in [0.25, 0.3) is 0 Å². The van der Waals surface area contributed by atoms with Crippen molar-refractivity contribution < 1.29 is 9.22 Å². The lowest BCUT2D eigenvalue weighted by Gasteiger charge is -2.40. The fourth-order valence-electron chi connectivity index (χ4n) is 3.01. The molecule has 0 aromatic rings. The maximum Gasteiger partial charge on any atom is 0.192 e. The SMILES string of the molecule is C=C(CC)[C@H](C)C[C@@H](C[C@@H](C)C[C@@H](C)C(C)=O)O[Si](C)(C)C(C)(C)C. The number of rotatable bonds is 11. The molecule has 0 rings (SSSR count). The van der Waals surface area contributed by atoms with Crippen LogP contribution in [0.3, 0.4) is 0 Å². The van der Waals surface area contributed by atoms with Crippen molar-refractivity contribution in [1.29, 1.82) is 0 Å². The molecule has 0 fully saturated rings. The van der Waals surface area contributed by atoms with E-state index in [1.54, 1.807) is 6.92 Å². The Balaban J connectivity index is 5.13. The van der Waals surface area contributed by atoms with Crippen LogP contribution in [0.4, 0.5) is 0 Å². The highest BCUT2D eigenvalue weighted by molar-refractivity contribution is 6.74. The quantitative estimate of drug-likeness (QED) is 0.289. The van der Waals surface area contributed by atoms with Crippen molar-refractivity contribution in [2.24, 2.45) is 17.8 Å². The minimum absolute atomic E-state index is 0.145. The molecule has 0 heterocycles. The first-order valence-electron chi connectivity index (χ1n) is 10.1. The van der Waals surface area contributed by atoms with E-state index < -0.39 is 8.32 Å². The Kier molecular flexibility index (Phi) is 9.89. The molecule has 0 radical (unpaired) electrons. The highest BCUT2D eigenvalue weighted by Crippen LogP contribution is 2.39. The second-order valence-corrected chi connectivity index (χ2v) is 14.5. The smallest absolute Gasteiger partial charge is 0.192 e. The largest absolute Gasteiger partial charge is 0.414 e. The summed E-state index contributed by atoms with van der Waals surface area (Å²) in [4.78, 5) is 11.6. The van der Waals surface area contributed by atoms with E-state index in [4.69, 9.17) is 4.43 Å². The van der Waals surface area contributed by atoms with Gasteiger partial charge in [0, 0.05) is 12.0 Å². The summed E-state index contributed by atoms with van der Waals surface area (Å²) in [5, 5.41) is 0.214. The Hall–Kier alpha value is -0.413. The molecule has 0 spiro atoms. The molecule has 148 valence electrons. The maximum atomic E-state index is 11.6. The summed E-state index contributed by atoms with van der Waals surface area (Å²) >= 11 is 0. The van der Waals surface area contributed by atoms with E-state index in [0.717, 1.165) is 25.7 Å². The first-order valence-corrected chi connectivity index (χ1v) is 13.0. The summed E-state index contributed by atoms with van der Waals surface area (Å²) in [5.41, 5.74) is 1.31. The topological polar surface area (TPSA) is 26.3 Å². The Labute approximate surface area is 158 Å². The fraction of sp³-hybridized carbons (Fsp3) is 0.864. The van der Waals surface area contributed by atoms with Gasteiger partial charge in [0.15, 0.2) is 8.32 Å². The molecule has 0 aromatic carbocycles. The Morgan fingerprint density at radius 3 is 1.96 bits per heavy atom. The summed E-state index contributed by atoms with van der Waals surface area (Å²) in [6.07, 6.45) is 4.32. The van der Waals surface area contributed by atoms with Crippen LogP contribution in [0.1, 0.15) is 81.1 Å². The molecular weight excluding hydrogens is 324 g/mol. The van der Waals surface area contributed by atoms with Gasteiger partial charge in [-0.05, 0) is 62.6 Å². The zero-order valence-electron chi connectivity index (χ0n) is 18.7. The first kappa shape index (κ1) is 24.6. The molecule has 2 nitrogen and oxygen atoms in total. The molecule has 25 heavy (non-hydrogen) atoms. The van der Waals surface area contributed by atoms with Gasteiger partial charge in [-0.25, -0.2) is 0 Å². The van der Waals surface area contributed by atoms with Crippen LogP contribution >= 0.6 is 0 Å². The van der Waals surface area contributed by atoms with Gasteiger partial charge in [-0.3, -0.25) is 4.79 Å². The number of carbonyl (C=O) groups is 1. The van der Waals surface area contributed by atoms with Crippen molar-refractivity contribution in [2.45, 2.75) is 105 Å². The molecule has 0 bridgehead atoms. The lowest BCUT2D eigenvalue weighted by atomic mass is 9.87. The molecule has 0 amide bonds. The third-order valence-corrected chi connectivity index (χ3v) is 10.7. The Bertz CT molecular complexity index is 434. The van der Waals surface area contributed by atoms with Gasteiger partial charge in [0.05, 0.1) is 0 Å². The van der Waals surface area contributed by atoms with E-state index in [0.29, 0.717) is 17.6 Å². The van der Waals surface area contributed by atoms with Crippen LogP contribution in [0.25, 0.3) is 0 Å². The van der Waals surface area contributed by atoms with Crippen LogP contribution in [0.15, 0.2) is 12.2 Å². The van der Waals surface area contributed by atoms with Crippen LogP contribution in [-0.2, 0) is 9.22 Å². The standard InChI is InChI=1S/C22H44O2Si/c1-12-17(3)18(4)15-21(24-25(10,11)22(7,8)9)14-16(2)13-19(5)20(6)23/h16,18-19,21H,3,12-15H2,1-2,4-11H3/t16-,18+,19+,21+/m0/s1. The second kappa shape index (κ2) is 10.1. The average Bonchev–Trinajstić information content (AvgIpc) is 2.43. The summed E-state index contributed by atoms with van der Waals surface area (Å²) < 4.78 is 6.79. The van der Waals surface area contributed by atoms with Gasteiger partial charge in [-0.2, -0.15) is 0 Å². The number of Topliss-reactive ketones (excluding diaryl/α,β-unsaturated/α-hetero) is 1. The Morgan fingerprint density at radius 2 is 1.56 bits per heavy atom. The van der Waals surface area contributed by atoms with E-state index in [-0.39, 0.29) is 17.1 Å². The number of hydrogen-bond acceptors (Lipinski definition) is 2. The Morgan fingerprint density at radius 1 is 1.04 bits per heavy atom. The summed E-state index contributed by atoms with van der Waals surface area (Å²) in [6.45, 7) is 26.3. The lowest BCUT2D eigenvalue weighted by Crippen LogP contribution is -2.44. The van der Waals surface area contributed by atoms with Crippen molar-refractivity contribution in [3.8, 4) is 0 Å². The van der Waals surface area contributed by atoms with Crippen LogP contribution in [0.2, 0.25) is 18.1 Å². The predicted octanol–water partition coefficient (Wildman–Crippen LogP) is 7.01. The third-order valence-electron chi connectivity index (χ3n) is 6.15. The number of hydrogen-bond donors (Lipinski definition) is 0. The molecule has 0 saturated heterocycles. The van der Waals surface area contributed by atoms with E-state index in [1.807, 2.05) is 6.92 Å². The highest BCUT2D eigenvalue weighted by Gasteiger charge is 2.39. The predicted molar refractivity (Wildman–Crippen MR) is 114 cm³/mol. The van der Waals surface area contributed by atoms with Crippen molar-refractivity contribution in [1.82, 2.24) is 0 Å². The molecule has 3 heteroatoms. The molecule has 0 saturated carbocycles. The average molecular weight is 369 g/mol. The summed E-state index contributed by atoms with van der Waals surface area (Å²) in [5.74, 6) is 1.42. The number of allylic oxidation sites excluding steroid dienone is 1. The third kappa shape index (κ3) is 8.68. The number of ketones is 1. The van der Waals surface area contributed by atoms with E-state index in [1.165, 1.54) is 5.57 Å². The minimum Gasteiger partial charge on any atom is -0.414 e. The fourth-order valence-corrected chi connectivity index (χ4v) is 4.39. The molecule has 0 aliphatic carbocycles. The van der Waals surface area contributed by atoms with E-state index in [9.17, 15) is 4.79 Å². The molecule has 0 aliphatic rings.